The average molecular weight is 209 g/mol. The van der Waals surface area contributed by atoms with Crippen molar-refractivity contribution in [1.29, 1.82) is 0 Å². The van der Waals surface area contributed by atoms with Gasteiger partial charge < -0.3 is 0 Å². The molecule has 0 aliphatic rings. The molecule has 0 radical (unpaired) electrons. The zero-order chi connectivity index (χ0) is 9.97. The molecule has 2 nitrogen and oxygen atoms in total. The first-order valence-electron chi connectivity index (χ1n) is 3.99. The minimum Gasteiger partial charge on any atom is -0.265 e. The van der Waals surface area contributed by atoms with Crippen LogP contribution in [0.4, 0.5) is 4.39 Å². The molecule has 0 spiro atoms. The fourth-order valence-corrected chi connectivity index (χ4v) is 1.40. The van der Waals surface area contributed by atoms with Crippen molar-refractivity contribution < 1.29 is 4.39 Å². The number of rotatable bonds is 1. The highest BCUT2D eigenvalue weighted by molar-refractivity contribution is 6.33. The molecular weight excluding hydrogens is 203 g/mol. The Morgan fingerprint density at radius 3 is 2.57 bits per heavy atom. The van der Waals surface area contributed by atoms with Crippen LogP contribution in [0.3, 0.4) is 0 Å². The Morgan fingerprint density at radius 1 is 1.21 bits per heavy atom. The average Bonchev–Trinajstić information content (AvgIpc) is 2.19. The van der Waals surface area contributed by atoms with E-state index in [1.807, 2.05) is 0 Å². The highest BCUT2D eigenvalue weighted by Crippen LogP contribution is 2.24. The van der Waals surface area contributed by atoms with Gasteiger partial charge in [0.1, 0.15) is 5.82 Å². The molecule has 0 amide bonds. The van der Waals surface area contributed by atoms with Gasteiger partial charge in [0.15, 0.2) is 0 Å². The summed E-state index contributed by atoms with van der Waals surface area (Å²) >= 11 is 5.84. The third-order valence-corrected chi connectivity index (χ3v) is 2.05. The topological polar surface area (TPSA) is 25.8 Å². The van der Waals surface area contributed by atoms with Gasteiger partial charge in [0.2, 0.25) is 0 Å². The second-order valence-electron chi connectivity index (χ2n) is 2.72. The van der Waals surface area contributed by atoms with Gasteiger partial charge >= 0.3 is 0 Å². The van der Waals surface area contributed by atoms with Crippen LogP contribution >= 0.6 is 11.6 Å². The summed E-state index contributed by atoms with van der Waals surface area (Å²) in [6.07, 6.45) is 4.41. The van der Waals surface area contributed by atoms with Crippen molar-refractivity contribution in [2.24, 2.45) is 0 Å². The van der Waals surface area contributed by atoms with Crippen molar-refractivity contribution in [2.45, 2.75) is 0 Å². The molecule has 2 heterocycles. The summed E-state index contributed by atoms with van der Waals surface area (Å²) in [6.45, 7) is 0. The van der Waals surface area contributed by atoms with Crippen LogP contribution < -0.4 is 0 Å². The number of hydrogen-bond donors (Lipinski definition) is 0. The molecule has 2 aromatic rings. The van der Waals surface area contributed by atoms with Crippen LogP contribution in [-0.2, 0) is 0 Å². The molecule has 0 saturated carbocycles. The zero-order valence-corrected chi connectivity index (χ0v) is 7.87. The summed E-state index contributed by atoms with van der Waals surface area (Å²) < 4.78 is 12.7. The monoisotopic (exact) mass is 208 g/mol. The molecule has 0 bridgehead atoms. The number of hydrogen-bond acceptors (Lipinski definition) is 2. The number of nitrogens with zero attached hydrogens (tertiary/aromatic N) is 2. The van der Waals surface area contributed by atoms with E-state index in [4.69, 9.17) is 11.6 Å². The molecule has 0 unspecified atom stereocenters. The largest absolute Gasteiger partial charge is 0.265 e. The molecule has 0 atom stereocenters. The zero-order valence-electron chi connectivity index (χ0n) is 7.11. The van der Waals surface area contributed by atoms with Crippen LogP contribution in [-0.4, -0.2) is 9.97 Å². The molecule has 2 rings (SSSR count). The second-order valence-corrected chi connectivity index (χ2v) is 3.13. The molecule has 0 fully saturated rings. The van der Waals surface area contributed by atoms with Crippen molar-refractivity contribution in [2.75, 3.05) is 0 Å². The molecule has 0 aromatic carbocycles. The third kappa shape index (κ3) is 1.72. The lowest BCUT2D eigenvalue weighted by molar-refractivity contribution is 0.622. The Labute approximate surface area is 85.4 Å². The maximum atomic E-state index is 12.7. The van der Waals surface area contributed by atoms with Gasteiger partial charge in [-0.1, -0.05) is 11.6 Å². The molecular formula is C10H6ClFN2. The van der Waals surface area contributed by atoms with Crippen LogP contribution in [0.1, 0.15) is 0 Å². The van der Waals surface area contributed by atoms with Crippen molar-refractivity contribution >= 4 is 11.6 Å². The molecule has 0 saturated heterocycles. The normalized spacial score (nSPS) is 10.1. The van der Waals surface area contributed by atoms with Crippen LogP contribution in [0, 0.1) is 5.82 Å². The molecule has 0 aliphatic carbocycles. The van der Waals surface area contributed by atoms with Gasteiger partial charge in [-0.05, 0) is 18.2 Å². The summed E-state index contributed by atoms with van der Waals surface area (Å²) in [6, 6.07) is 4.78. The summed E-state index contributed by atoms with van der Waals surface area (Å²) in [4.78, 5) is 7.79. The summed E-state index contributed by atoms with van der Waals surface area (Å²) in [7, 11) is 0. The van der Waals surface area contributed by atoms with E-state index < -0.39 is 5.82 Å². The Bertz CT molecular complexity index is 445. The van der Waals surface area contributed by atoms with E-state index >= 15 is 0 Å². The van der Waals surface area contributed by atoms with Crippen LogP contribution in [0.25, 0.3) is 11.3 Å². The summed E-state index contributed by atoms with van der Waals surface area (Å²) in [5.74, 6) is -0.437. The highest BCUT2D eigenvalue weighted by atomic mass is 35.5. The van der Waals surface area contributed by atoms with Gasteiger partial charge in [-0.25, -0.2) is 4.39 Å². The van der Waals surface area contributed by atoms with E-state index in [2.05, 4.69) is 9.97 Å². The lowest BCUT2D eigenvalue weighted by atomic mass is 10.2. The number of halogens is 2. The Morgan fingerprint density at radius 2 is 1.93 bits per heavy atom. The van der Waals surface area contributed by atoms with Gasteiger partial charge in [0.25, 0.3) is 0 Å². The van der Waals surface area contributed by atoms with Crippen molar-refractivity contribution in [1.82, 2.24) is 9.97 Å². The fraction of sp³-hybridized carbons (Fsp3) is 0. The maximum absolute atomic E-state index is 12.7. The molecule has 2 aromatic heterocycles. The predicted octanol–water partition coefficient (Wildman–Crippen LogP) is 2.94. The Hall–Kier alpha value is -1.48. The molecule has 0 aliphatic heterocycles. The smallest absolute Gasteiger partial charge is 0.143 e. The van der Waals surface area contributed by atoms with Gasteiger partial charge in [-0.15, -0.1) is 0 Å². The SMILES string of the molecule is Fc1cnc(-c2ccncc2)c(Cl)c1. The second kappa shape index (κ2) is 3.72. The van der Waals surface area contributed by atoms with Gasteiger partial charge in [0.05, 0.1) is 16.9 Å². The molecule has 70 valence electrons. The van der Waals surface area contributed by atoms with Crippen LogP contribution in [0.15, 0.2) is 36.8 Å². The minimum atomic E-state index is -0.437. The van der Waals surface area contributed by atoms with Crippen LogP contribution in [0.2, 0.25) is 5.02 Å². The van der Waals surface area contributed by atoms with E-state index in [1.165, 1.54) is 6.07 Å². The van der Waals surface area contributed by atoms with Gasteiger partial charge in [-0.3, -0.25) is 9.97 Å². The molecule has 0 N–H and O–H groups in total. The van der Waals surface area contributed by atoms with Crippen LogP contribution in [0.5, 0.6) is 0 Å². The first-order valence-corrected chi connectivity index (χ1v) is 4.36. The van der Waals surface area contributed by atoms with E-state index in [-0.39, 0.29) is 0 Å². The third-order valence-electron chi connectivity index (χ3n) is 1.76. The van der Waals surface area contributed by atoms with Gasteiger partial charge in [0, 0.05) is 18.0 Å². The van der Waals surface area contributed by atoms with E-state index in [0.717, 1.165) is 11.8 Å². The summed E-state index contributed by atoms with van der Waals surface area (Å²) in [5.41, 5.74) is 1.39. The predicted molar refractivity (Wildman–Crippen MR) is 52.4 cm³/mol. The van der Waals surface area contributed by atoms with Crippen molar-refractivity contribution in [3.05, 3.63) is 47.6 Å². The van der Waals surface area contributed by atoms with Crippen molar-refractivity contribution in [3.8, 4) is 11.3 Å². The first-order chi connectivity index (χ1) is 6.77. The fourth-order valence-electron chi connectivity index (χ4n) is 1.14. The van der Waals surface area contributed by atoms with E-state index in [9.17, 15) is 4.39 Å². The lowest BCUT2D eigenvalue weighted by Crippen LogP contribution is -1.86. The number of aromatic nitrogens is 2. The quantitative estimate of drug-likeness (QED) is 0.720. The maximum Gasteiger partial charge on any atom is 0.143 e. The standard InChI is InChI=1S/C10H6ClFN2/c11-9-5-8(12)6-14-10(9)7-1-3-13-4-2-7/h1-6H. The highest BCUT2D eigenvalue weighted by Gasteiger charge is 2.05. The summed E-state index contributed by atoms with van der Waals surface area (Å²) in [5, 5.41) is 0.302. The van der Waals surface area contributed by atoms with Crippen molar-refractivity contribution in [3.63, 3.8) is 0 Å². The van der Waals surface area contributed by atoms with E-state index in [1.54, 1.807) is 24.5 Å². The van der Waals surface area contributed by atoms with Gasteiger partial charge in [-0.2, -0.15) is 0 Å². The minimum absolute atomic E-state index is 0.302. The van der Waals surface area contributed by atoms with E-state index in [0.29, 0.717) is 10.7 Å². The lowest BCUT2D eigenvalue weighted by Gasteiger charge is -2.01. The molecule has 4 heteroatoms. The number of pyridine rings is 2. The molecule has 14 heavy (non-hydrogen) atoms. The Kier molecular flexibility index (Phi) is 2.41. The first kappa shape index (κ1) is 9.09. The Balaban J connectivity index is 2.53.